The molecular formula is C32H51N7O5. The molecule has 1 aliphatic rings. The first-order valence-electron chi connectivity index (χ1n) is 16.2. The Bertz CT molecular complexity index is 1280. The Morgan fingerprint density at radius 2 is 1.59 bits per heavy atom. The summed E-state index contributed by atoms with van der Waals surface area (Å²) in [6.07, 6.45) is 4.46. The first-order chi connectivity index (χ1) is 21.6. The Morgan fingerprint density at radius 1 is 0.909 bits per heavy atom. The number of carbonyl (C=O) groups is 1. The molecule has 0 spiro atoms. The summed E-state index contributed by atoms with van der Waals surface area (Å²) in [5, 5.41) is 3.87. The van der Waals surface area contributed by atoms with E-state index in [1.54, 1.807) is 0 Å². The smallest absolute Gasteiger partial charge is 0.222 e. The second kappa shape index (κ2) is 18.7. The Hall–Kier alpha value is -3.03. The van der Waals surface area contributed by atoms with Crippen molar-refractivity contribution in [2.75, 3.05) is 103 Å². The number of pyridine rings is 1. The van der Waals surface area contributed by atoms with Crippen molar-refractivity contribution < 1.29 is 23.7 Å². The summed E-state index contributed by atoms with van der Waals surface area (Å²) >= 11 is 0. The van der Waals surface area contributed by atoms with Crippen molar-refractivity contribution in [3.8, 4) is 0 Å². The average Bonchev–Trinajstić information content (AvgIpc) is 3.48. The number of nitrogens with two attached hydrogens (primary N) is 1. The van der Waals surface area contributed by atoms with E-state index in [0.29, 0.717) is 71.6 Å². The number of piperazine rings is 1. The van der Waals surface area contributed by atoms with E-state index in [2.05, 4.69) is 50.2 Å². The molecule has 1 aliphatic heterocycles. The van der Waals surface area contributed by atoms with E-state index in [0.717, 1.165) is 86.2 Å². The van der Waals surface area contributed by atoms with E-state index in [-0.39, 0.29) is 5.91 Å². The number of anilines is 2. The van der Waals surface area contributed by atoms with Gasteiger partial charge in [0.25, 0.3) is 0 Å². The van der Waals surface area contributed by atoms with Gasteiger partial charge in [-0.3, -0.25) is 9.69 Å². The quantitative estimate of drug-likeness (QED) is 0.154. The van der Waals surface area contributed by atoms with E-state index in [1.807, 2.05) is 6.92 Å². The lowest BCUT2D eigenvalue weighted by molar-refractivity contribution is -0.122. The van der Waals surface area contributed by atoms with Crippen molar-refractivity contribution >= 4 is 39.3 Å². The predicted octanol–water partition coefficient (Wildman–Crippen LogP) is 3.14. The lowest BCUT2D eigenvalue weighted by atomic mass is 10.1. The normalized spacial score (nSPS) is 14.2. The molecule has 12 heteroatoms. The number of nitrogen functional groups attached to an aromatic ring is 1. The Labute approximate surface area is 260 Å². The molecule has 3 aromatic rings. The van der Waals surface area contributed by atoms with Crippen LogP contribution in [0.3, 0.4) is 0 Å². The summed E-state index contributed by atoms with van der Waals surface area (Å²) in [4.78, 5) is 29.3. The maximum Gasteiger partial charge on any atom is 0.222 e. The summed E-state index contributed by atoms with van der Waals surface area (Å²) in [5.74, 6) is 1.51. The number of hydrogen-bond donors (Lipinski definition) is 3. The fourth-order valence-corrected chi connectivity index (χ4v) is 5.16. The van der Waals surface area contributed by atoms with E-state index in [4.69, 9.17) is 29.7 Å². The number of hydrogen-bond acceptors (Lipinski definition) is 10. The average molecular weight is 614 g/mol. The molecule has 2 aromatic heterocycles. The SMILES string of the molecule is CCCCc1nc2c([nH]1)c(N)nc1ccc(N3CCN(CCOCCOCCOCCOCCC(=O)NCCC)CC3)cc12. The van der Waals surface area contributed by atoms with Crippen LogP contribution >= 0.6 is 0 Å². The Kier molecular flexibility index (Phi) is 14.4. The van der Waals surface area contributed by atoms with Gasteiger partial charge in [0.2, 0.25) is 5.91 Å². The van der Waals surface area contributed by atoms with E-state index in [1.165, 1.54) is 5.69 Å². The van der Waals surface area contributed by atoms with Gasteiger partial charge in [0.1, 0.15) is 22.7 Å². The molecule has 0 atom stereocenters. The molecule has 0 saturated carbocycles. The summed E-state index contributed by atoms with van der Waals surface area (Å²) in [7, 11) is 0. The minimum Gasteiger partial charge on any atom is -0.382 e. The number of benzene rings is 1. The van der Waals surface area contributed by atoms with Crippen LogP contribution in [0.2, 0.25) is 0 Å². The van der Waals surface area contributed by atoms with Gasteiger partial charge < -0.3 is 39.9 Å². The maximum absolute atomic E-state index is 11.5. The molecule has 4 rings (SSSR count). The van der Waals surface area contributed by atoms with Crippen LogP contribution in [0.25, 0.3) is 21.9 Å². The van der Waals surface area contributed by atoms with Gasteiger partial charge in [0, 0.05) is 63.2 Å². The number of carbonyl (C=O) groups excluding carboxylic acids is 1. The van der Waals surface area contributed by atoms with Crippen LogP contribution in [-0.2, 0) is 30.2 Å². The molecular weight excluding hydrogens is 562 g/mol. The van der Waals surface area contributed by atoms with E-state index < -0.39 is 0 Å². The number of imidazole rings is 1. The van der Waals surface area contributed by atoms with Gasteiger partial charge in [-0.25, -0.2) is 9.97 Å². The molecule has 244 valence electrons. The number of H-pyrrole nitrogens is 1. The zero-order valence-corrected chi connectivity index (χ0v) is 26.6. The minimum atomic E-state index is 0.0283. The van der Waals surface area contributed by atoms with E-state index >= 15 is 0 Å². The van der Waals surface area contributed by atoms with Crippen LogP contribution in [0.15, 0.2) is 18.2 Å². The molecule has 4 N–H and O–H groups in total. The third-order valence-corrected chi connectivity index (χ3v) is 7.70. The largest absolute Gasteiger partial charge is 0.382 e. The summed E-state index contributed by atoms with van der Waals surface area (Å²) in [6, 6.07) is 6.41. The molecule has 12 nitrogen and oxygen atoms in total. The molecule has 1 fully saturated rings. The standard InChI is InChI=1S/C32H51N7O5/c1-3-5-6-28-36-30-26-24-25(7-8-27(26)35-32(33)31(30)37-28)39-13-11-38(12-14-39)15-17-42-19-21-44-23-22-43-20-18-41-16-9-29(40)34-10-4-2/h7-8,24H,3-6,9-23H2,1-2H3,(H2,33,35)(H,34,40)(H,36,37). The number of unbranched alkanes of at least 4 members (excludes halogenated alkanes) is 1. The number of amides is 1. The van der Waals surface area contributed by atoms with E-state index in [9.17, 15) is 4.79 Å². The van der Waals surface area contributed by atoms with Gasteiger partial charge in [-0.05, 0) is 31.0 Å². The number of fused-ring (bicyclic) bond motifs is 3. The molecule has 0 bridgehead atoms. The van der Waals surface area contributed by atoms with Crippen LogP contribution in [-0.4, -0.2) is 118 Å². The second-order valence-corrected chi connectivity index (χ2v) is 11.1. The van der Waals surface area contributed by atoms with Crippen molar-refractivity contribution in [3.63, 3.8) is 0 Å². The molecule has 0 unspecified atom stereocenters. The number of nitrogens with one attached hydrogen (secondary N) is 2. The molecule has 0 radical (unpaired) electrons. The fraction of sp³-hybridized carbons (Fsp3) is 0.656. The number of aromatic amines is 1. The van der Waals surface area contributed by atoms with Crippen molar-refractivity contribution in [3.05, 3.63) is 24.0 Å². The van der Waals surface area contributed by atoms with Crippen LogP contribution in [0, 0.1) is 0 Å². The zero-order chi connectivity index (χ0) is 31.0. The fourth-order valence-electron chi connectivity index (χ4n) is 5.16. The van der Waals surface area contributed by atoms with Crippen molar-refractivity contribution in [2.45, 2.75) is 46.0 Å². The van der Waals surface area contributed by atoms with Crippen molar-refractivity contribution in [1.29, 1.82) is 0 Å². The summed E-state index contributed by atoms with van der Waals surface area (Å²) in [5.41, 5.74) is 10.1. The topological polar surface area (TPSA) is 140 Å². The van der Waals surface area contributed by atoms with Crippen LogP contribution in [0.1, 0.15) is 45.4 Å². The van der Waals surface area contributed by atoms with Crippen LogP contribution in [0.5, 0.6) is 0 Å². The van der Waals surface area contributed by atoms with Crippen LogP contribution in [0.4, 0.5) is 11.5 Å². The highest BCUT2D eigenvalue weighted by molar-refractivity contribution is 6.07. The molecule has 3 heterocycles. The summed E-state index contributed by atoms with van der Waals surface area (Å²) < 4.78 is 22.3. The lowest BCUT2D eigenvalue weighted by Gasteiger charge is -2.36. The third-order valence-electron chi connectivity index (χ3n) is 7.70. The number of aryl methyl sites for hydroxylation is 1. The zero-order valence-electron chi connectivity index (χ0n) is 26.6. The highest BCUT2D eigenvalue weighted by atomic mass is 16.6. The second-order valence-electron chi connectivity index (χ2n) is 11.1. The van der Waals surface area contributed by atoms with Gasteiger partial charge in [0.15, 0.2) is 0 Å². The van der Waals surface area contributed by atoms with Gasteiger partial charge >= 0.3 is 0 Å². The number of rotatable bonds is 21. The maximum atomic E-state index is 11.5. The van der Waals surface area contributed by atoms with Crippen molar-refractivity contribution in [2.24, 2.45) is 0 Å². The monoisotopic (exact) mass is 613 g/mol. The lowest BCUT2D eigenvalue weighted by Crippen LogP contribution is -2.47. The number of nitrogens with zero attached hydrogens (tertiary/aromatic N) is 4. The predicted molar refractivity (Wildman–Crippen MR) is 174 cm³/mol. The highest BCUT2D eigenvalue weighted by Gasteiger charge is 2.19. The van der Waals surface area contributed by atoms with Crippen molar-refractivity contribution in [1.82, 2.24) is 25.2 Å². The van der Waals surface area contributed by atoms with Crippen LogP contribution < -0.4 is 16.0 Å². The highest BCUT2D eigenvalue weighted by Crippen LogP contribution is 2.30. The first-order valence-corrected chi connectivity index (χ1v) is 16.2. The van der Waals surface area contributed by atoms with Gasteiger partial charge in [-0.15, -0.1) is 0 Å². The number of aromatic nitrogens is 3. The van der Waals surface area contributed by atoms with Gasteiger partial charge in [0.05, 0.1) is 58.4 Å². The Morgan fingerprint density at radius 3 is 2.27 bits per heavy atom. The molecule has 1 amide bonds. The third kappa shape index (κ3) is 10.6. The molecule has 44 heavy (non-hydrogen) atoms. The molecule has 1 aromatic carbocycles. The minimum absolute atomic E-state index is 0.0283. The van der Waals surface area contributed by atoms with Gasteiger partial charge in [-0.2, -0.15) is 0 Å². The number of ether oxygens (including phenoxy) is 4. The Balaban J connectivity index is 1.05. The summed E-state index contributed by atoms with van der Waals surface area (Å²) in [6.45, 7) is 14.0. The van der Waals surface area contributed by atoms with Gasteiger partial charge in [-0.1, -0.05) is 20.3 Å². The molecule has 1 saturated heterocycles. The molecule has 0 aliphatic carbocycles. The first kappa shape index (κ1) is 33.9.